The minimum absolute atomic E-state index is 0.137. The first-order valence-corrected chi connectivity index (χ1v) is 12.2. The fourth-order valence-corrected chi connectivity index (χ4v) is 5.22. The first-order valence-electron chi connectivity index (χ1n) is 10.7. The zero-order valence-electron chi connectivity index (χ0n) is 18.4. The van der Waals surface area contributed by atoms with Gasteiger partial charge in [-0.2, -0.15) is 0 Å². The third kappa shape index (κ3) is 5.21. The van der Waals surface area contributed by atoms with Crippen LogP contribution in [0.4, 0.5) is 5.69 Å². The van der Waals surface area contributed by atoms with Gasteiger partial charge in [-0.1, -0.05) is 90.5 Å². The van der Waals surface area contributed by atoms with Crippen molar-refractivity contribution in [3.05, 3.63) is 120 Å². The molecule has 0 radical (unpaired) electrons. The van der Waals surface area contributed by atoms with E-state index >= 15 is 0 Å². The van der Waals surface area contributed by atoms with E-state index in [0.717, 1.165) is 22.3 Å². The average molecular weight is 456 g/mol. The van der Waals surface area contributed by atoms with Gasteiger partial charge in [0.05, 0.1) is 17.1 Å². The van der Waals surface area contributed by atoms with Gasteiger partial charge in [-0.15, -0.1) is 0 Å². The van der Waals surface area contributed by atoms with Crippen LogP contribution in [0, 0.1) is 6.92 Å². The van der Waals surface area contributed by atoms with Crippen LogP contribution in [0.1, 0.15) is 11.1 Å². The molecule has 0 aliphatic rings. The van der Waals surface area contributed by atoms with Crippen LogP contribution in [0.3, 0.4) is 0 Å². The zero-order valence-corrected chi connectivity index (χ0v) is 19.2. The molecule has 33 heavy (non-hydrogen) atoms. The van der Waals surface area contributed by atoms with Gasteiger partial charge in [0.25, 0.3) is 10.0 Å². The Balaban J connectivity index is 1.65. The molecule has 0 aliphatic heterocycles. The highest BCUT2D eigenvalue weighted by molar-refractivity contribution is 7.92. The Kier molecular flexibility index (Phi) is 6.71. The minimum atomic E-state index is -3.90. The van der Waals surface area contributed by atoms with Crippen molar-refractivity contribution >= 4 is 21.5 Å². The average Bonchev–Trinajstić information content (AvgIpc) is 2.84. The third-order valence-corrected chi connectivity index (χ3v) is 7.25. The van der Waals surface area contributed by atoms with Crippen LogP contribution in [0.25, 0.3) is 11.1 Å². The molecule has 4 aromatic carbocycles. The zero-order chi connectivity index (χ0) is 23.3. The summed E-state index contributed by atoms with van der Waals surface area (Å²) in [5, 5.41) is 0. The van der Waals surface area contributed by atoms with Crippen LogP contribution in [0.15, 0.2) is 114 Å². The number of carbonyl (C=O) groups excluding carboxylic acids is 1. The number of hydrogen-bond donors (Lipinski definition) is 0. The summed E-state index contributed by atoms with van der Waals surface area (Å²) in [6.07, 6.45) is 0.137. The lowest BCUT2D eigenvalue weighted by Crippen LogP contribution is -2.36. The number of ketones is 1. The van der Waals surface area contributed by atoms with Crippen LogP contribution in [-0.4, -0.2) is 20.7 Å². The molecule has 166 valence electrons. The molecular formula is C28H25NO3S. The smallest absolute Gasteiger partial charge is 0.264 e. The van der Waals surface area contributed by atoms with E-state index in [0.29, 0.717) is 5.69 Å². The number of sulfonamides is 1. The number of Topliss-reactive ketones (excluding diaryl/α,β-unsaturated/α-hetero) is 1. The summed E-state index contributed by atoms with van der Waals surface area (Å²) in [6.45, 7) is 1.69. The highest BCUT2D eigenvalue weighted by Gasteiger charge is 2.27. The molecule has 0 bridgehead atoms. The molecule has 0 fully saturated rings. The van der Waals surface area contributed by atoms with Crippen LogP contribution < -0.4 is 4.31 Å². The molecule has 0 saturated carbocycles. The molecule has 5 heteroatoms. The molecule has 4 aromatic rings. The largest absolute Gasteiger partial charge is 0.297 e. The van der Waals surface area contributed by atoms with Gasteiger partial charge in [0.1, 0.15) is 0 Å². The number of carbonyl (C=O) groups is 1. The summed E-state index contributed by atoms with van der Waals surface area (Å²) in [5.74, 6) is -0.182. The molecule has 0 aliphatic carbocycles. The van der Waals surface area contributed by atoms with E-state index < -0.39 is 10.0 Å². The fourth-order valence-electron chi connectivity index (χ4n) is 3.75. The maximum atomic E-state index is 13.5. The summed E-state index contributed by atoms with van der Waals surface area (Å²) < 4.78 is 28.1. The summed E-state index contributed by atoms with van der Waals surface area (Å²) in [7, 11) is -3.90. The Hall–Kier alpha value is -3.70. The SMILES string of the molecule is Cc1ccc(N(CC(=O)Cc2ccccc2-c2ccccc2)S(=O)(=O)c2ccccc2)cc1. The minimum Gasteiger partial charge on any atom is -0.297 e. The molecule has 0 spiro atoms. The molecule has 0 amide bonds. The topological polar surface area (TPSA) is 54.5 Å². The van der Waals surface area contributed by atoms with Gasteiger partial charge in [-0.3, -0.25) is 9.10 Å². The van der Waals surface area contributed by atoms with Crippen molar-refractivity contribution in [3.8, 4) is 11.1 Å². The molecule has 0 aromatic heterocycles. The lowest BCUT2D eigenvalue weighted by molar-refractivity contribution is -0.117. The van der Waals surface area contributed by atoms with E-state index in [4.69, 9.17) is 0 Å². The maximum absolute atomic E-state index is 13.5. The first kappa shape index (κ1) is 22.5. The van der Waals surface area contributed by atoms with E-state index in [1.54, 1.807) is 42.5 Å². The molecular weight excluding hydrogens is 430 g/mol. The lowest BCUT2D eigenvalue weighted by atomic mass is 9.96. The second-order valence-corrected chi connectivity index (χ2v) is 9.76. The van der Waals surface area contributed by atoms with E-state index in [9.17, 15) is 13.2 Å². The second kappa shape index (κ2) is 9.84. The second-order valence-electron chi connectivity index (χ2n) is 7.90. The van der Waals surface area contributed by atoms with Gasteiger partial charge in [0, 0.05) is 6.42 Å². The third-order valence-electron chi connectivity index (χ3n) is 5.46. The summed E-state index contributed by atoms with van der Waals surface area (Å²) >= 11 is 0. The van der Waals surface area contributed by atoms with Crippen LogP contribution in [0.2, 0.25) is 0 Å². The van der Waals surface area contributed by atoms with Gasteiger partial charge in [-0.05, 0) is 47.9 Å². The maximum Gasteiger partial charge on any atom is 0.264 e. The van der Waals surface area contributed by atoms with Crippen molar-refractivity contribution in [1.82, 2.24) is 0 Å². The highest BCUT2D eigenvalue weighted by atomic mass is 32.2. The summed E-state index contributed by atoms with van der Waals surface area (Å²) in [4.78, 5) is 13.4. The molecule has 0 heterocycles. The predicted molar refractivity (Wildman–Crippen MR) is 133 cm³/mol. The molecule has 4 rings (SSSR count). The number of anilines is 1. The Morgan fingerprint density at radius 2 is 1.30 bits per heavy atom. The molecule has 0 atom stereocenters. The standard InChI is InChI=1S/C28H25NO3S/c1-22-16-18-25(19-17-22)29(33(31,32)27-13-6-3-7-14-27)21-26(30)20-24-12-8-9-15-28(24)23-10-4-2-5-11-23/h2-19H,20-21H2,1H3. The van der Waals surface area contributed by atoms with E-state index in [-0.39, 0.29) is 23.6 Å². The van der Waals surface area contributed by atoms with Crippen molar-refractivity contribution in [2.75, 3.05) is 10.8 Å². The van der Waals surface area contributed by atoms with Gasteiger partial charge >= 0.3 is 0 Å². The highest BCUT2D eigenvalue weighted by Crippen LogP contribution is 2.26. The Labute approximate surface area is 195 Å². The number of nitrogens with zero attached hydrogens (tertiary/aromatic N) is 1. The number of hydrogen-bond acceptors (Lipinski definition) is 3. The van der Waals surface area contributed by atoms with Gasteiger partial charge in [0.15, 0.2) is 5.78 Å². The molecule has 4 nitrogen and oxygen atoms in total. The monoisotopic (exact) mass is 455 g/mol. The van der Waals surface area contributed by atoms with E-state index in [1.165, 1.54) is 4.31 Å². The Morgan fingerprint density at radius 3 is 1.97 bits per heavy atom. The number of aryl methyl sites for hydroxylation is 1. The normalized spacial score (nSPS) is 11.2. The van der Waals surface area contributed by atoms with Crippen molar-refractivity contribution in [2.24, 2.45) is 0 Å². The number of rotatable bonds is 8. The first-order chi connectivity index (χ1) is 15.9. The summed E-state index contributed by atoms with van der Waals surface area (Å²) in [5.41, 5.74) is 4.34. The fraction of sp³-hybridized carbons (Fsp3) is 0.107. The van der Waals surface area contributed by atoms with Crippen molar-refractivity contribution in [2.45, 2.75) is 18.2 Å². The predicted octanol–water partition coefficient (Wildman–Crippen LogP) is 5.67. The van der Waals surface area contributed by atoms with Gasteiger partial charge < -0.3 is 0 Å². The number of benzene rings is 4. The van der Waals surface area contributed by atoms with Crippen LogP contribution >= 0.6 is 0 Å². The lowest BCUT2D eigenvalue weighted by Gasteiger charge is -2.24. The van der Waals surface area contributed by atoms with Crippen molar-refractivity contribution < 1.29 is 13.2 Å². The molecule has 0 saturated heterocycles. The van der Waals surface area contributed by atoms with E-state index in [1.807, 2.05) is 73.7 Å². The van der Waals surface area contributed by atoms with Crippen molar-refractivity contribution in [1.29, 1.82) is 0 Å². The molecule has 0 unspecified atom stereocenters. The Bertz CT molecular complexity index is 1330. The van der Waals surface area contributed by atoms with Gasteiger partial charge in [-0.25, -0.2) is 8.42 Å². The molecule has 0 N–H and O–H groups in total. The van der Waals surface area contributed by atoms with Crippen molar-refractivity contribution in [3.63, 3.8) is 0 Å². The van der Waals surface area contributed by atoms with Crippen LogP contribution in [-0.2, 0) is 21.2 Å². The summed E-state index contributed by atoms with van der Waals surface area (Å²) in [6, 6.07) is 33.0. The quantitative estimate of drug-likeness (QED) is 0.344. The van der Waals surface area contributed by atoms with Crippen LogP contribution in [0.5, 0.6) is 0 Å². The van der Waals surface area contributed by atoms with Gasteiger partial charge in [0.2, 0.25) is 0 Å². The van der Waals surface area contributed by atoms with E-state index in [2.05, 4.69) is 0 Å². The Morgan fingerprint density at radius 1 is 0.727 bits per heavy atom.